The first-order valence-corrected chi connectivity index (χ1v) is 5.35. The summed E-state index contributed by atoms with van der Waals surface area (Å²) < 4.78 is 9.05. The Morgan fingerprint density at radius 3 is 1.61 bits per heavy atom. The molecule has 0 unspecified atom stereocenters. The van der Waals surface area contributed by atoms with Crippen molar-refractivity contribution in [2.24, 2.45) is 0 Å². The van der Waals surface area contributed by atoms with Crippen molar-refractivity contribution in [2.45, 2.75) is 0 Å². The van der Waals surface area contributed by atoms with Crippen LogP contribution in [0, 0.1) is 0 Å². The highest BCUT2D eigenvalue weighted by Crippen LogP contribution is 1.99. The minimum atomic E-state index is -0.574. The molecular weight excluding hydrogens is 240 g/mol. The number of benzene rings is 1. The summed E-state index contributed by atoms with van der Waals surface area (Å²) in [6, 6.07) is 6.29. The summed E-state index contributed by atoms with van der Waals surface area (Å²) in [4.78, 5) is 21.8. The third-order valence-corrected chi connectivity index (χ3v) is 2.01. The minimum absolute atomic E-state index is 0.0278. The molecule has 18 heavy (non-hydrogen) atoms. The van der Waals surface area contributed by atoms with E-state index in [4.69, 9.17) is 10.2 Å². The molecule has 0 fully saturated rings. The van der Waals surface area contributed by atoms with E-state index in [1.807, 2.05) is 0 Å². The van der Waals surface area contributed by atoms with Crippen LogP contribution in [0.15, 0.2) is 38.3 Å². The Kier molecular flexibility index (Phi) is 5.99. The quantitative estimate of drug-likeness (QED) is 0.719. The average Bonchev–Trinajstić information content (AvgIpc) is 2.60. The predicted octanol–water partition coefficient (Wildman–Crippen LogP) is -0.421. The number of hydrogen-bond donors (Lipinski definition) is 2. The first-order valence-electron chi connectivity index (χ1n) is 5.35. The molecule has 2 bridgehead atoms. The van der Waals surface area contributed by atoms with Gasteiger partial charge in [0.25, 0.3) is 0 Å². The van der Waals surface area contributed by atoms with Crippen molar-refractivity contribution in [3.8, 4) is 0 Å². The van der Waals surface area contributed by atoms with Gasteiger partial charge in [-0.25, -0.2) is 9.59 Å². The van der Waals surface area contributed by atoms with Crippen LogP contribution in [0.3, 0.4) is 0 Å². The lowest BCUT2D eigenvalue weighted by Gasteiger charge is -1.94. The van der Waals surface area contributed by atoms with Gasteiger partial charge < -0.3 is 19.4 Å². The number of rotatable bonds is 4. The molecule has 3 rings (SSSR count). The van der Waals surface area contributed by atoms with E-state index in [0.717, 1.165) is 0 Å². The molecule has 1 aromatic carbocycles. The van der Waals surface area contributed by atoms with Gasteiger partial charge in [0.2, 0.25) is 0 Å². The van der Waals surface area contributed by atoms with E-state index >= 15 is 0 Å². The third-order valence-electron chi connectivity index (χ3n) is 2.01. The fourth-order valence-electron chi connectivity index (χ4n) is 1.18. The Balaban J connectivity index is 0.000000203. The van der Waals surface area contributed by atoms with Crippen LogP contribution in [0.5, 0.6) is 0 Å². The molecule has 0 amide bonds. The average molecular weight is 254 g/mol. The molecule has 6 heteroatoms. The zero-order valence-corrected chi connectivity index (χ0v) is 9.67. The maximum absolute atomic E-state index is 10.9. The Morgan fingerprint density at radius 1 is 0.889 bits per heavy atom. The van der Waals surface area contributed by atoms with Gasteiger partial charge in [0, 0.05) is 0 Å². The van der Waals surface area contributed by atoms with Gasteiger partial charge in [0.15, 0.2) is 0 Å². The zero-order chi connectivity index (χ0) is 13.4. The van der Waals surface area contributed by atoms with Gasteiger partial charge in [0.1, 0.15) is 0 Å². The van der Waals surface area contributed by atoms with Crippen LogP contribution >= 0.6 is 0 Å². The van der Waals surface area contributed by atoms with Crippen molar-refractivity contribution in [2.75, 3.05) is 26.4 Å². The van der Waals surface area contributed by atoms with Crippen LogP contribution in [0.25, 0.3) is 10.8 Å². The van der Waals surface area contributed by atoms with E-state index in [0.29, 0.717) is 24.0 Å². The van der Waals surface area contributed by atoms with Gasteiger partial charge in [-0.15, -0.1) is 0 Å². The van der Waals surface area contributed by atoms with Crippen molar-refractivity contribution in [1.29, 1.82) is 0 Å². The van der Waals surface area contributed by atoms with Gasteiger partial charge in [-0.1, -0.05) is 0 Å². The standard InChI is InChI=1S/C8H4O3.C4H10O3/c9-7-5-1-2-6(4-3-5)8(10)11-7;5-1-3-7-4-2-6/h1-4H;5-6H,1-4H2. The lowest BCUT2D eigenvalue weighted by Crippen LogP contribution is -2.03. The van der Waals surface area contributed by atoms with Crippen molar-refractivity contribution in [3.05, 3.63) is 45.1 Å². The maximum atomic E-state index is 10.9. The van der Waals surface area contributed by atoms with Crippen LogP contribution in [0.4, 0.5) is 0 Å². The highest BCUT2D eigenvalue weighted by molar-refractivity contribution is 5.61. The molecule has 0 radical (unpaired) electrons. The molecule has 2 N–H and O–H groups in total. The number of ether oxygens (including phenoxy) is 1. The third kappa shape index (κ3) is 4.25. The summed E-state index contributed by atoms with van der Waals surface area (Å²) in [5.74, 6) is 0. The molecule has 3 aromatic rings. The number of aliphatic hydroxyl groups is 2. The molecule has 0 aliphatic heterocycles. The van der Waals surface area contributed by atoms with Gasteiger partial charge in [0.05, 0.1) is 37.2 Å². The lowest BCUT2D eigenvalue weighted by molar-refractivity contribution is 0.0650. The first-order chi connectivity index (χ1) is 8.69. The van der Waals surface area contributed by atoms with Crippen molar-refractivity contribution < 1.29 is 19.4 Å². The number of hydrogen-bond acceptors (Lipinski definition) is 6. The number of fused-ring (bicyclic) bond motifs is 4. The Morgan fingerprint density at radius 2 is 1.28 bits per heavy atom. The van der Waals surface area contributed by atoms with Crippen LogP contribution in [-0.4, -0.2) is 36.6 Å². The zero-order valence-electron chi connectivity index (χ0n) is 9.67. The second-order valence-corrected chi connectivity index (χ2v) is 3.31. The molecule has 2 heterocycles. The largest absolute Gasteiger partial charge is 0.394 e. The van der Waals surface area contributed by atoms with E-state index in [9.17, 15) is 9.59 Å². The van der Waals surface area contributed by atoms with E-state index < -0.39 is 11.3 Å². The highest BCUT2D eigenvalue weighted by atomic mass is 16.5. The molecule has 0 aliphatic rings. The minimum Gasteiger partial charge on any atom is -0.394 e. The second-order valence-electron chi connectivity index (χ2n) is 3.31. The molecule has 0 saturated heterocycles. The molecule has 2 aromatic heterocycles. The summed E-state index contributed by atoms with van der Waals surface area (Å²) in [6.45, 7) is 0.696. The highest BCUT2D eigenvalue weighted by Gasteiger charge is 1.98. The van der Waals surface area contributed by atoms with Crippen LogP contribution in [-0.2, 0) is 4.74 Å². The molecule has 0 spiro atoms. The summed E-state index contributed by atoms with van der Waals surface area (Å²) in [5.41, 5.74) is -1.15. The fourth-order valence-corrected chi connectivity index (χ4v) is 1.18. The fraction of sp³-hybridized carbons (Fsp3) is 0.333. The van der Waals surface area contributed by atoms with Gasteiger partial charge in [-0.05, 0) is 24.3 Å². The van der Waals surface area contributed by atoms with Crippen molar-refractivity contribution in [1.82, 2.24) is 0 Å². The predicted molar refractivity (Wildman–Crippen MR) is 64.9 cm³/mol. The Labute approximate surface area is 102 Å². The van der Waals surface area contributed by atoms with Gasteiger partial charge in [-0.2, -0.15) is 0 Å². The smallest absolute Gasteiger partial charge is 0.346 e. The van der Waals surface area contributed by atoms with Crippen LogP contribution in [0.1, 0.15) is 0 Å². The van der Waals surface area contributed by atoms with Gasteiger partial charge >= 0.3 is 11.3 Å². The van der Waals surface area contributed by atoms with E-state index in [2.05, 4.69) is 9.15 Å². The summed E-state index contributed by atoms with van der Waals surface area (Å²) in [6.07, 6.45) is 0. The SMILES string of the molecule is O=c1oc(=O)c2ccc1cc2.OCCOCCO. The summed E-state index contributed by atoms with van der Waals surface area (Å²) in [7, 11) is 0. The van der Waals surface area contributed by atoms with Gasteiger partial charge in [-0.3, -0.25) is 0 Å². The van der Waals surface area contributed by atoms with E-state index in [1.54, 1.807) is 24.3 Å². The van der Waals surface area contributed by atoms with Crippen molar-refractivity contribution in [3.63, 3.8) is 0 Å². The first kappa shape index (κ1) is 14.3. The molecule has 98 valence electrons. The molecule has 0 saturated carbocycles. The van der Waals surface area contributed by atoms with Crippen molar-refractivity contribution >= 4 is 10.8 Å². The van der Waals surface area contributed by atoms with Crippen LogP contribution < -0.4 is 11.3 Å². The molecular formula is C12H14O6. The normalized spacial score (nSPS) is 10.1. The summed E-state index contributed by atoms with van der Waals surface area (Å²) >= 11 is 0. The maximum Gasteiger partial charge on any atom is 0.346 e. The molecule has 6 nitrogen and oxygen atoms in total. The lowest BCUT2D eigenvalue weighted by atomic mass is 10.2. The molecule has 0 atom stereocenters. The Bertz CT molecular complexity index is 493. The topological polar surface area (TPSA) is 97.0 Å². The summed E-state index contributed by atoms with van der Waals surface area (Å²) in [5, 5.41) is 17.0. The van der Waals surface area contributed by atoms with E-state index in [1.165, 1.54) is 0 Å². The Hall–Kier alpha value is -1.76. The second kappa shape index (κ2) is 7.54. The van der Waals surface area contributed by atoms with Crippen LogP contribution in [0.2, 0.25) is 0 Å². The number of aliphatic hydroxyl groups excluding tert-OH is 2. The monoisotopic (exact) mass is 254 g/mol. The molecule has 0 aliphatic carbocycles. The van der Waals surface area contributed by atoms with E-state index in [-0.39, 0.29) is 13.2 Å².